The number of hydrogen-bond donors (Lipinski definition) is 2. The number of nitrogens with one attached hydrogen (secondary N) is 1. The number of benzene rings is 1. The number of hydrazone groups is 1. The van der Waals surface area contributed by atoms with E-state index in [2.05, 4.69) is 9.82 Å². The number of hydrogen-bond acceptors (Lipinski definition) is 11. The van der Waals surface area contributed by atoms with E-state index in [9.17, 15) is 29.6 Å². The molecule has 0 saturated carbocycles. The number of rotatable bonds is 8. The fourth-order valence-corrected chi connectivity index (χ4v) is 5.25. The Morgan fingerprint density at radius 1 is 1.43 bits per heavy atom. The molecule has 11 nitrogen and oxygen atoms in total. The quantitative estimate of drug-likeness (QED) is 0.0752. The van der Waals surface area contributed by atoms with Gasteiger partial charge in [-0.25, -0.2) is 4.72 Å². The second kappa shape index (κ2) is 10.4. The number of fused-ring (bicyclic) bond motifs is 1. The fraction of sp³-hybridized carbons (Fsp3) is 0.250. The van der Waals surface area contributed by atoms with E-state index in [1.54, 1.807) is 12.1 Å². The maximum atomic E-state index is 12.6. The number of carboxylic acid groups (broad SMARTS) is 1. The van der Waals surface area contributed by atoms with Crippen molar-refractivity contribution < 1.29 is 54.0 Å². The van der Waals surface area contributed by atoms with Crippen molar-refractivity contribution in [2.75, 3.05) is 5.75 Å². The van der Waals surface area contributed by atoms with Gasteiger partial charge in [-0.1, -0.05) is 12.1 Å². The number of ketones is 1. The van der Waals surface area contributed by atoms with Crippen molar-refractivity contribution in [2.24, 2.45) is 10.9 Å². The molecule has 3 N–H and O–H groups in total. The summed E-state index contributed by atoms with van der Waals surface area (Å²) in [5.74, 6) is 2.56. The van der Waals surface area contributed by atoms with E-state index in [1.165, 1.54) is 23.9 Å². The Morgan fingerprint density at radius 3 is 2.77 bits per heavy atom. The average molecular weight is 459 g/mol. The number of nitrogens with zero attached hydrogens (tertiary/aromatic N) is 3. The maximum Gasteiger partial charge on any atom is 1.00 e. The van der Waals surface area contributed by atoms with E-state index in [4.69, 9.17) is 5.84 Å². The van der Waals surface area contributed by atoms with Crippen molar-refractivity contribution >= 4 is 53.3 Å². The first-order chi connectivity index (χ1) is 13.8. The Kier molecular flexibility index (Phi) is 8.46. The third-order valence-corrected chi connectivity index (χ3v) is 6.48. The van der Waals surface area contributed by atoms with Crippen LogP contribution in [0.2, 0.25) is 0 Å². The minimum absolute atomic E-state index is 0. The minimum Gasteiger partial charge on any atom is -0.543 e. The summed E-state index contributed by atoms with van der Waals surface area (Å²) in [5.41, 5.74) is -0.192. The second-order valence-corrected chi connectivity index (χ2v) is 7.98. The van der Waals surface area contributed by atoms with Crippen LogP contribution in [-0.4, -0.2) is 50.9 Å². The molecule has 0 aliphatic carbocycles. The number of nitro benzene ring substituents is 1. The molecule has 14 heteroatoms. The van der Waals surface area contributed by atoms with Gasteiger partial charge in [-0.2, -0.15) is 5.10 Å². The molecule has 3 rings (SSSR count). The molecule has 2 aliphatic heterocycles. The van der Waals surface area contributed by atoms with Gasteiger partial charge in [-0.3, -0.25) is 24.6 Å². The molecular formula is C16H14N5NaO6S2. The van der Waals surface area contributed by atoms with Gasteiger partial charge in [-0.15, -0.1) is 11.8 Å². The molecule has 1 aromatic rings. The summed E-state index contributed by atoms with van der Waals surface area (Å²) < 4.78 is 2.87. The summed E-state index contributed by atoms with van der Waals surface area (Å²) in [5, 5.41) is 25.3. The van der Waals surface area contributed by atoms with Gasteiger partial charge in [0, 0.05) is 18.2 Å². The molecule has 0 aromatic heterocycles. The molecule has 0 spiro atoms. The van der Waals surface area contributed by atoms with Crippen LogP contribution in [0.25, 0.3) is 0 Å². The summed E-state index contributed by atoms with van der Waals surface area (Å²) in [6.07, 6.45) is 0.638. The van der Waals surface area contributed by atoms with E-state index >= 15 is 0 Å². The van der Waals surface area contributed by atoms with Gasteiger partial charge in [-0.05, 0) is 23.6 Å². The molecule has 1 saturated heterocycles. The number of β-lactam (4-membered cyclic amide) rings is 1. The second-order valence-electron chi connectivity index (χ2n) is 5.99. The summed E-state index contributed by atoms with van der Waals surface area (Å²) >= 11 is 2.21. The topological polar surface area (TPSA) is 171 Å². The van der Waals surface area contributed by atoms with Gasteiger partial charge in [0.1, 0.15) is 16.3 Å². The van der Waals surface area contributed by atoms with Gasteiger partial charge in [0.2, 0.25) is 5.91 Å². The number of para-hydroxylation sites is 1. The van der Waals surface area contributed by atoms with Crippen LogP contribution < -0.4 is 45.2 Å². The number of carbonyl (C=O) groups excluding carboxylic acids is 3. The number of aliphatic carboxylic acids is 1. The number of nitro groups is 1. The van der Waals surface area contributed by atoms with Gasteiger partial charge in [0.25, 0.3) is 5.69 Å². The summed E-state index contributed by atoms with van der Waals surface area (Å²) in [6, 6.07) is 5.30. The Bertz CT molecular complexity index is 956. The Hall–Kier alpha value is -1.90. The number of Topliss-reactive ketones (excluding diaryl/α,β-unsaturated/α-hetero) is 1. The third kappa shape index (κ3) is 4.87. The van der Waals surface area contributed by atoms with Crippen molar-refractivity contribution in [1.29, 1.82) is 0 Å². The number of thioether (sulfide) groups is 1. The molecule has 1 amide bonds. The smallest absolute Gasteiger partial charge is 0.543 e. The van der Waals surface area contributed by atoms with E-state index in [0.29, 0.717) is 4.90 Å². The van der Waals surface area contributed by atoms with E-state index < -0.39 is 34.0 Å². The van der Waals surface area contributed by atoms with Crippen LogP contribution in [-0.2, 0) is 14.4 Å². The predicted molar refractivity (Wildman–Crippen MR) is 103 cm³/mol. The van der Waals surface area contributed by atoms with Gasteiger partial charge >= 0.3 is 29.6 Å². The first-order valence-electron chi connectivity index (χ1n) is 8.15. The number of carbonyl (C=O) groups is 3. The Balaban J connectivity index is 0.00000320. The molecule has 2 aliphatic rings. The molecular weight excluding hydrogens is 445 g/mol. The minimum atomic E-state index is -1.55. The van der Waals surface area contributed by atoms with Crippen LogP contribution in [0.1, 0.15) is 6.42 Å². The molecule has 2 heterocycles. The van der Waals surface area contributed by atoms with Crippen molar-refractivity contribution in [3.05, 3.63) is 45.6 Å². The first kappa shape index (κ1) is 24.4. The average Bonchev–Trinajstić information content (AvgIpc) is 2.68. The predicted octanol–water partition coefficient (Wildman–Crippen LogP) is -3.61. The van der Waals surface area contributed by atoms with Crippen LogP contribution in [0.15, 0.2) is 45.5 Å². The SMILES string of the molecule is NN=CC(=O)CC1=C(C(=O)[O-])N2C(=O)C(NSc3ccccc3[N+](=O)[O-])[C@@H]2SC1.[Na+]. The fourth-order valence-electron chi connectivity index (χ4n) is 2.94. The molecule has 152 valence electrons. The molecule has 0 radical (unpaired) electrons. The molecule has 1 fully saturated rings. The largest absolute Gasteiger partial charge is 1.00 e. The number of amides is 1. The normalized spacial score (nSPS) is 20.4. The molecule has 30 heavy (non-hydrogen) atoms. The zero-order valence-electron chi connectivity index (χ0n) is 15.6. The standard InChI is InChI=1S/C16H15N5O6S2.Na/c17-18-6-9(22)5-8-7-28-15-12(14(23)20(15)13(8)16(24)25)19-29-11-4-2-1-3-10(11)21(26)27;/h1-4,6,12,15,19H,5,7,17H2,(H,24,25);/q;+1/p-1/t12?,15-;/m0./s1. The maximum absolute atomic E-state index is 12.6. The summed E-state index contributed by atoms with van der Waals surface area (Å²) in [6.45, 7) is 0. The van der Waals surface area contributed by atoms with E-state index in [1.807, 2.05) is 0 Å². The van der Waals surface area contributed by atoms with Gasteiger partial charge in [0.15, 0.2) is 5.78 Å². The first-order valence-corrected chi connectivity index (χ1v) is 10.0. The van der Waals surface area contributed by atoms with E-state index in [0.717, 1.165) is 23.1 Å². The number of carboxylic acids is 1. The van der Waals surface area contributed by atoms with Crippen LogP contribution >= 0.6 is 23.7 Å². The summed E-state index contributed by atoms with van der Waals surface area (Å²) in [7, 11) is 0. The Labute approximate surface area is 201 Å². The van der Waals surface area contributed by atoms with Crippen molar-refractivity contribution in [1.82, 2.24) is 9.62 Å². The molecule has 1 aromatic carbocycles. The van der Waals surface area contributed by atoms with Crippen LogP contribution in [0.4, 0.5) is 5.69 Å². The van der Waals surface area contributed by atoms with Gasteiger partial charge in [0.05, 0.1) is 22.8 Å². The third-order valence-electron chi connectivity index (χ3n) is 4.20. The van der Waals surface area contributed by atoms with Crippen LogP contribution in [0.3, 0.4) is 0 Å². The molecule has 0 bridgehead atoms. The monoisotopic (exact) mass is 459 g/mol. The molecule has 1 unspecified atom stereocenters. The van der Waals surface area contributed by atoms with Crippen LogP contribution in [0.5, 0.6) is 0 Å². The van der Waals surface area contributed by atoms with Crippen molar-refractivity contribution in [2.45, 2.75) is 22.7 Å². The summed E-state index contributed by atoms with van der Waals surface area (Å²) in [4.78, 5) is 47.8. The van der Waals surface area contributed by atoms with E-state index in [-0.39, 0.29) is 58.7 Å². The number of nitrogens with two attached hydrogens (primary N) is 1. The molecule has 2 atom stereocenters. The van der Waals surface area contributed by atoms with Crippen LogP contribution in [0, 0.1) is 10.1 Å². The zero-order chi connectivity index (χ0) is 21.1. The van der Waals surface area contributed by atoms with Gasteiger partial charge < -0.3 is 15.7 Å². The Morgan fingerprint density at radius 2 is 2.13 bits per heavy atom. The van der Waals surface area contributed by atoms with Crippen molar-refractivity contribution in [3.8, 4) is 0 Å². The van der Waals surface area contributed by atoms with Crippen molar-refractivity contribution in [3.63, 3.8) is 0 Å². The zero-order valence-corrected chi connectivity index (χ0v) is 19.3.